The van der Waals surface area contributed by atoms with E-state index >= 15 is 0 Å². The fraction of sp³-hybridized carbons (Fsp3) is 0.375. The third-order valence-corrected chi connectivity index (χ3v) is 2.97. The number of hydrogen-bond acceptors (Lipinski definition) is 5. The van der Waals surface area contributed by atoms with E-state index in [0.29, 0.717) is 18.0 Å². The van der Waals surface area contributed by atoms with Crippen LogP contribution >= 0.6 is 0 Å². The molecule has 1 atom stereocenters. The van der Waals surface area contributed by atoms with Crippen molar-refractivity contribution in [2.75, 3.05) is 6.79 Å². The Bertz CT molecular complexity index is 605. The van der Waals surface area contributed by atoms with Crippen LogP contribution in [0.25, 0.3) is 0 Å². The Balaban J connectivity index is 1.84. The second kappa shape index (κ2) is 6.98. The van der Waals surface area contributed by atoms with Crippen LogP contribution in [0.2, 0.25) is 0 Å². The summed E-state index contributed by atoms with van der Waals surface area (Å²) in [4.78, 5) is 23.4. The molecule has 1 aliphatic heterocycles. The fourth-order valence-corrected chi connectivity index (χ4v) is 1.88. The highest BCUT2D eigenvalue weighted by molar-refractivity contribution is 5.87. The highest BCUT2D eigenvalue weighted by Crippen LogP contribution is 2.32. The Morgan fingerprint density at radius 3 is 2.77 bits per heavy atom. The van der Waals surface area contributed by atoms with Crippen LogP contribution in [0.5, 0.6) is 11.5 Å². The van der Waals surface area contributed by atoms with Crippen molar-refractivity contribution in [2.24, 2.45) is 0 Å². The van der Waals surface area contributed by atoms with Crippen LogP contribution < -0.4 is 14.8 Å². The number of fused-ring (bicyclic) bond motifs is 1. The first kappa shape index (κ1) is 15.9. The van der Waals surface area contributed by atoms with Gasteiger partial charge < -0.3 is 19.5 Å². The summed E-state index contributed by atoms with van der Waals surface area (Å²) in [6, 6.07) is 5.44. The molecule has 0 spiro atoms. The van der Waals surface area contributed by atoms with Gasteiger partial charge in [-0.1, -0.05) is 11.6 Å². The summed E-state index contributed by atoms with van der Waals surface area (Å²) in [5.74, 6) is 0.479. The smallest absolute Gasteiger partial charge is 0.331 e. The standard InChI is InChI=1S/C16H19NO5/c1-10(2)6-15(18)22-11(3)16(19)17-8-12-4-5-13-14(7-12)21-9-20-13/h4-7,11H,8-9H2,1-3H3,(H,17,19)/t11-/m1/s1. The van der Waals surface area contributed by atoms with Crippen molar-refractivity contribution in [3.05, 3.63) is 35.4 Å². The second-order valence-corrected chi connectivity index (χ2v) is 5.21. The van der Waals surface area contributed by atoms with E-state index in [0.717, 1.165) is 11.1 Å². The normalized spacial score (nSPS) is 13.2. The van der Waals surface area contributed by atoms with Crippen molar-refractivity contribution in [1.29, 1.82) is 0 Å². The molecule has 0 aliphatic carbocycles. The molecule has 118 valence electrons. The maximum atomic E-state index is 11.9. The highest BCUT2D eigenvalue weighted by Gasteiger charge is 2.17. The van der Waals surface area contributed by atoms with Crippen LogP contribution in [0.3, 0.4) is 0 Å². The molecule has 6 heteroatoms. The molecule has 2 rings (SSSR count). The van der Waals surface area contributed by atoms with E-state index in [1.165, 1.54) is 13.0 Å². The van der Waals surface area contributed by atoms with Crippen LogP contribution in [0.1, 0.15) is 26.3 Å². The number of carbonyl (C=O) groups excluding carboxylic acids is 2. The lowest BCUT2D eigenvalue weighted by Crippen LogP contribution is -2.35. The van der Waals surface area contributed by atoms with E-state index < -0.39 is 12.1 Å². The van der Waals surface area contributed by atoms with Crippen LogP contribution in [-0.4, -0.2) is 24.8 Å². The summed E-state index contributed by atoms with van der Waals surface area (Å²) >= 11 is 0. The number of nitrogens with one attached hydrogen (secondary N) is 1. The quantitative estimate of drug-likeness (QED) is 0.664. The van der Waals surface area contributed by atoms with Gasteiger partial charge in [-0.3, -0.25) is 4.79 Å². The van der Waals surface area contributed by atoms with Crippen molar-refractivity contribution in [1.82, 2.24) is 5.32 Å². The summed E-state index contributed by atoms with van der Waals surface area (Å²) < 4.78 is 15.5. The summed E-state index contributed by atoms with van der Waals surface area (Å²) in [5, 5.41) is 2.72. The average Bonchev–Trinajstić information content (AvgIpc) is 2.91. The Hall–Kier alpha value is -2.50. The van der Waals surface area contributed by atoms with Crippen LogP contribution in [-0.2, 0) is 20.9 Å². The molecule has 0 unspecified atom stereocenters. The number of amides is 1. The Kier molecular flexibility index (Phi) is 5.04. The second-order valence-electron chi connectivity index (χ2n) is 5.21. The maximum absolute atomic E-state index is 11.9. The summed E-state index contributed by atoms with van der Waals surface area (Å²) in [7, 11) is 0. The monoisotopic (exact) mass is 305 g/mol. The zero-order valence-electron chi connectivity index (χ0n) is 12.8. The average molecular weight is 305 g/mol. The van der Waals surface area contributed by atoms with Gasteiger partial charge in [0, 0.05) is 12.6 Å². The fourth-order valence-electron chi connectivity index (χ4n) is 1.88. The summed E-state index contributed by atoms with van der Waals surface area (Å²) in [6.45, 7) is 5.63. The Morgan fingerprint density at radius 2 is 2.05 bits per heavy atom. The Labute approximate surface area is 129 Å². The van der Waals surface area contributed by atoms with Crippen LogP contribution in [0.4, 0.5) is 0 Å². The van der Waals surface area contributed by atoms with Crippen LogP contribution in [0, 0.1) is 0 Å². The van der Waals surface area contributed by atoms with Gasteiger partial charge in [0.15, 0.2) is 17.6 Å². The van der Waals surface area contributed by atoms with Gasteiger partial charge in [0.25, 0.3) is 5.91 Å². The maximum Gasteiger partial charge on any atom is 0.331 e. The number of benzene rings is 1. The summed E-state index contributed by atoms with van der Waals surface area (Å²) in [6.07, 6.45) is 0.499. The van der Waals surface area contributed by atoms with Crippen molar-refractivity contribution < 1.29 is 23.8 Å². The number of rotatable bonds is 5. The molecule has 0 saturated heterocycles. The van der Waals surface area contributed by atoms with E-state index in [1.54, 1.807) is 19.9 Å². The van der Waals surface area contributed by atoms with Crippen molar-refractivity contribution in [3.8, 4) is 11.5 Å². The van der Waals surface area contributed by atoms with Gasteiger partial charge in [0.05, 0.1) is 0 Å². The molecule has 6 nitrogen and oxygen atoms in total. The molecular weight excluding hydrogens is 286 g/mol. The molecule has 1 aliphatic rings. The van der Waals surface area contributed by atoms with Gasteiger partial charge in [-0.05, 0) is 38.5 Å². The highest BCUT2D eigenvalue weighted by atomic mass is 16.7. The molecule has 1 N–H and O–H groups in total. The molecule has 1 heterocycles. The van der Waals surface area contributed by atoms with E-state index in [2.05, 4.69) is 5.32 Å². The van der Waals surface area contributed by atoms with Gasteiger partial charge in [0.2, 0.25) is 6.79 Å². The van der Waals surface area contributed by atoms with E-state index in [1.807, 2.05) is 12.1 Å². The minimum absolute atomic E-state index is 0.211. The molecule has 0 fully saturated rings. The first-order valence-corrected chi connectivity index (χ1v) is 6.97. The minimum Gasteiger partial charge on any atom is -0.454 e. The molecule has 0 bridgehead atoms. The topological polar surface area (TPSA) is 73.9 Å². The Morgan fingerprint density at radius 1 is 1.32 bits per heavy atom. The van der Waals surface area contributed by atoms with Gasteiger partial charge in [0.1, 0.15) is 0 Å². The lowest BCUT2D eigenvalue weighted by atomic mass is 10.2. The lowest BCUT2D eigenvalue weighted by molar-refractivity contribution is -0.150. The number of allylic oxidation sites excluding steroid dienone is 1. The number of carbonyl (C=O) groups is 2. The van der Waals surface area contributed by atoms with E-state index in [-0.39, 0.29) is 12.7 Å². The predicted octanol–water partition coefficient (Wildman–Crippen LogP) is 1.93. The third-order valence-electron chi connectivity index (χ3n) is 2.97. The number of esters is 1. The molecule has 1 aromatic carbocycles. The zero-order chi connectivity index (χ0) is 16.1. The van der Waals surface area contributed by atoms with E-state index in [9.17, 15) is 9.59 Å². The van der Waals surface area contributed by atoms with Gasteiger partial charge >= 0.3 is 5.97 Å². The SMILES string of the molecule is CC(C)=CC(=O)O[C@H](C)C(=O)NCc1ccc2c(c1)OCO2. The predicted molar refractivity (Wildman–Crippen MR) is 79.4 cm³/mol. The molecule has 0 radical (unpaired) electrons. The molecule has 0 saturated carbocycles. The first-order valence-electron chi connectivity index (χ1n) is 6.97. The molecule has 1 amide bonds. The minimum atomic E-state index is -0.850. The third kappa shape index (κ3) is 4.25. The van der Waals surface area contributed by atoms with Gasteiger partial charge in [-0.15, -0.1) is 0 Å². The molecule has 22 heavy (non-hydrogen) atoms. The first-order chi connectivity index (χ1) is 10.5. The molecule has 1 aromatic rings. The van der Waals surface area contributed by atoms with Crippen LogP contribution in [0.15, 0.2) is 29.8 Å². The largest absolute Gasteiger partial charge is 0.454 e. The van der Waals surface area contributed by atoms with Crippen molar-refractivity contribution in [2.45, 2.75) is 33.4 Å². The zero-order valence-corrected chi connectivity index (χ0v) is 12.8. The molecule has 0 aromatic heterocycles. The lowest BCUT2D eigenvalue weighted by Gasteiger charge is -2.12. The number of ether oxygens (including phenoxy) is 3. The van der Waals surface area contributed by atoms with Crippen molar-refractivity contribution in [3.63, 3.8) is 0 Å². The van der Waals surface area contributed by atoms with E-state index in [4.69, 9.17) is 14.2 Å². The summed E-state index contributed by atoms with van der Waals surface area (Å²) in [5.41, 5.74) is 1.69. The number of hydrogen-bond donors (Lipinski definition) is 1. The van der Waals surface area contributed by atoms with Gasteiger partial charge in [-0.25, -0.2) is 4.79 Å². The molecular formula is C16H19NO5. The van der Waals surface area contributed by atoms with Crippen molar-refractivity contribution >= 4 is 11.9 Å². The van der Waals surface area contributed by atoms with Gasteiger partial charge in [-0.2, -0.15) is 0 Å².